The van der Waals surface area contributed by atoms with E-state index in [9.17, 15) is 9.18 Å². The SMILES string of the molecule is CN(Cc1ccc(F)cc1)c1ccc2ncc(C(=O)O)n2n1. The Morgan fingerprint density at radius 3 is 2.68 bits per heavy atom. The number of nitrogens with zero attached hydrogens (tertiary/aromatic N) is 4. The number of hydrogen-bond donors (Lipinski definition) is 1. The fourth-order valence-electron chi connectivity index (χ4n) is 2.16. The van der Waals surface area contributed by atoms with E-state index in [-0.39, 0.29) is 11.5 Å². The van der Waals surface area contributed by atoms with Crippen LogP contribution in [0.1, 0.15) is 16.1 Å². The molecule has 7 heteroatoms. The lowest BCUT2D eigenvalue weighted by Crippen LogP contribution is -2.19. The summed E-state index contributed by atoms with van der Waals surface area (Å²) >= 11 is 0. The lowest BCUT2D eigenvalue weighted by Gasteiger charge is -2.18. The zero-order valence-corrected chi connectivity index (χ0v) is 11.8. The van der Waals surface area contributed by atoms with Gasteiger partial charge in [-0.1, -0.05) is 12.1 Å². The third-order valence-corrected chi connectivity index (χ3v) is 3.29. The number of fused-ring (bicyclic) bond motifs is 1. The van der Waals surface area contributed by atoms with Crippen LogP contribution in [0.4, 0.5) is 10.2 Å². The molecule has 1 N–H and O–H groups in total. The van der Waals surface area contributed by atoms with Gasteiger partial charge in [-0.25, -0.2) is 18.7 Å². The van der Waals surface area contributed by atoms with E-state index >= 15 is 0 Å². The molecule has 0 radical (unpaired) electrons. The van der Waals surface area contributed by atoms with Crippen molar-refractivity contribution in [2.75, 3.05) is 11.9 Å². The van der Waals surface area contributed by atoms with Gasteiger partial charge in [-0.3, -0.25) is 0 Å². The number of imidazole rings is 1. The first-order valence-electron chi connectivity index (χ1n) is 6.58. The Kier molecular flexibility index (Phi) is 3.46. The summed E-state index contributed by atoms with van der Waals surface area (Å²) in [5.41, 5.74) is 1.40. The number of carboxylic acids is 1. The summed E-state index contributed by atoms with van der Waals surface area (Å²) < 4.78 is 14.2. The van der Waals surface area contributed by atoms with Gasteiger partial charge in [0.1, 0.15) is 11.6 Å². The molecular formula is C15H13FN4O2. The van der Waals surface area contributed by atoms with E-state index in [2.05, 4.69) is 10.1 Å². The maximum Gasteiger partial charge on any atom is 0.356 e. The predicted octanol–water partition coefficient (Wildman–Crippen LogP) is 2.20. The highest BCUT2D eigenvalue weighted by Crippen LogP contribution is 2.15. The third-order valence-electron chi connectivity index (χ3n) is 3.29. The van der Waals surface area contributed by atoms with Gasteiger partial charge in [-0.05, 0) is 29.8 Å². The molecule has 0 fully saturated rings. The van der Waals surface area contributed by atoms with Crippen LogP contribution in [0.15, 0.2) is 42.6 Å². The molecule has 2 aromatic heterocycles. The minimum absolute atomic E-state index is 0.00651. The highest BCUT2D eigenvalue weighted by Gasteiger charge is 2.13. The van der Waals surface area contributed by atoms with Gasteiger partial charge >= 0.3 is 5.97 Å². The van der Waals surface area contributed by atoms with Crippen LogP contribution in [0.2, 0.25) is 0 Å². The van der Waals surface area contributed by atoms with Crippen LogP contribution < -0.4 is 4.90 Å². The van der Waals surface area contributed by atoms with Crippen molar-refractivity contribution in [2.45, 2.75) is 6.54 Å². The van der Waals surface area contributed by atoms with Crippen LogP contribution in [0.5, 0.6) is 0 Å². The fourth-order valence-corrected chi connectivity index (χ4v) is 2.16. The number of carbonyl (C=O) groups is 1. The number of anilines is 1. The molecule has 0 aliphatic heterocycles. The van der Waals surface area contributed by atoms with Crippen molar-refractivity contribution in [3.05, 3.63) is 59.7 Å². The number of carboxylic acid groups (broad SMARTS) is 1. The third kappa shape index (κ3) is 2.60. The summed E-state index contributed by atoms with van der Waals surface area (Å²) in [5.74, 6) is -0.772. The zero-order chi connectivity index (χ0) is 15.7. The molecule has 0 saturated carbocycles. The van der Waals surface area contributed by atoms with Crippen LogP contribution in [0.3, 0.4) is 0 Å². The number of halogens is 1. The van der Waals surface area contributed by atoms with E-state index in [1.54, 1.807) is 24.3 Å². The summed E-state index contributed by atoms with van der Waals surface area (Å²) in [4.78, 5) is 17.0. The van der Waals surface area contributed by atoms with Gasteiger partial charge in [0.15, 0.2) is 11.3 Å². The second-order valence-electron chi connectivity index (χ2n) is 4.89. The molecule has 6 nitrogen and oxygen atoms in total. The minimum atomic E-state index is -1.08. The van der Waals surface area contributed by atoms with Crippen molar-refractivity contribution in [2.24, 2.45) is 0 Å². The highest BCUT2D eigenvalue weighted by molar-refractivity contribution is 5.86. The molecular weight excluding hydrogens is 287 g/mol. The number of aromatic carboxylic acids is 1. The van der Waals surface area contributed by atoms with Crippen LogP contribution in [0, 0.1) is 5.82 Å². The quantitative estimate of drug-likeness (QED) is 0.800. The average Bonchev–Trinajstić information content (AvgIpc) is 2.92. The lowest BCUT2D eigenvalue weighted by molar-refractivity contribution is 0.0688. The van der Waals surface area contributed by atoms with E-state index in [4.69, 9.17) is 5.11 Å². The average molecular weight is 300 g/mol. The second kappa shape index (κ2) is 5.44. The largest absolute Gasteiger partial charge is 0.476 e. The fraction of sp³-hybridized carbons (Fsp3) is 0.133. The Hall–Kier alpha value is -2.96. The molecule has 112 valence electrons. The Balaban J connectivity index is 1.90. The second-order valence-corrected chi connectivity index (χ2v) is 4.89. The van der Waals surface area contributed by atoms with E-state index < -0.39 is 5.97 Å². The maximum absolute atomic E-state index is 12.9. The van der Waals surface area contributed by atoms with Crippen LogP contribution in [0.25, 0.3) is 5.65 Å². The van der Waals surface area contributed by atoms with Crippen LogP contribution in [-0.2, 0) is 6.54 Å². The van der Waals surface area contributed by atoms with Crippen molar-refractivity contribution < 1.29 is 14.3 Å². The van der Waals surface area contributed by atoms with Gasteiger partial charge in [-0.15, -0.1) is 5.10 Å². The summed E-state index contributed by atoms with van der Waals surface area (Å²) in [6, 6.07) is 9.67. The lowest BCUT2D eigenvalue weighted by atomic mass is 10.2. The van der Waals surface area contributed by atoms with Gasteiger partial charge in [0.25, 0.3) is 0 Å². The molecule has 0 amide bonds. The number of hydrogen-bond acceptors (Lipinski definition) is 4. The van der Waals surface area contributed by atoms with Crippen LogP contribution in [-0.4, -0.2) is 32.7 Å². The van der Waals surface area contributed by atoms with Crippen molar-refractivity contribution in [3.8, 4) is 0 Å². The zero-order valence-electron chi connectivity index (χ0n) is 11.8. The Labute approximate surface area is 125 Å². The Bertz CT molecular complexity index is 829. The van der Waals surface area contributed by atoms with E-state index in [0.29, 0.717) is 18.0 Å². The van der Waals surface area contributed by atoms with Crippen molar-refractivity contribution in [3.63, 3.8) is 0 Å². The highest BCUT2D eigenvalue weighted by atomic mass is 19.1. The molecule has 0 saturated heterocycles. The molecule has 2 heterocycles. The minimum Gasteiger partial charge on any atom is -0.476 e. The smallest absolute Gasteiger partial charge is 0.356 e. The molecule has 22 heavy (non-hydrogen) atoms. The molecule has 0 bridgehead atoms. The van der Waals surface area contributed by atoms with Crippen molar-refractivity contribution in [1.29, 1.82) is 0 Å². The predicted molar refractivity (Wildman–Crippen MR) is 78.5 cm³/mol. The first-order valence-corrected chi connectivity index (χ1v) is 6.58. The Morgan fingerprint density at radius 2 is 2.00 bits per heavy atom. The molecule has 0 aliphatic carbocycles. The first kappa shape index (κ1) is 14.0. The standard InChI is InChI=1S/C15H13FN4O2/c1-19(9-10-2-4-11(16)5-3-10)14-7-6-13-17-8-12(15(21)22)20(13)18-14/h2-8H,9H2,1H3,(H,21,22). The van der Waals surface area contributed by atoms with Crippen LogP contribution >= 0.6 is 0 Å². The van der Waals surface area contributed by atoms with Gasteiger partial charge in [0.2, 0.25) is 0 Å². The topological polar surface area (TPSA) is 70.7 Å². The molecule has 0 aliphatic rings. The van der Waals surface area contributed by atoms with Crippen molar-refractivity contribution >= 4 is 17.4 Å². The monoisotopic (exact) mass is 300 g/mol. The van der Waals surface area contributed by atoms with E-state index in [1.807, 2.05) is 11.9 Å². The summed E-state index contributed by atoms with van der Waals surface area (Å²) in [7, 11) is 1.83. The number of aromatic nitrogens is 3. The van der Waals surface area contributed by atoms with E-state index in [1.165, 1.54) is 22.8 Å². The van der Waals surface area contributed by atoms with Gasteiger partial charge in [-0.2, -0.15) is 0 Å². The maximum atomic E-state index is 12.9. The normalized spacial score (nSPS) is 10.8. The first-order chi connectivity index (χ1) is 10.5. The molecule has 0 unspecified atom stereocenters. The van der Waals surface area contributed by atoms with Crippen molar-refractivity contribution in [1.82, 2.24) is 14.6 Å². The van der Waals surface area contributed by atoms with E-state index in [0.717, 1.165) is 5.56 Å². The van der Waals surface area contributed by atoms with Gasteiger partial charge < -0.3 is 10.0 Å². The summed E-state index contributed by atoms with van der Waals surface area (Å²) in [5, 5.41) is 13.4. The number of benzene rings is 1. The molecule has 0 spiro atoms. The summed E-state index contributed by atoms with van der Waals surface area (Å²) in [6.45, 7) is 0.524. The van der Waals surface area contributed by atoms with Gasteiger partial charge in [0, 0.05) is 13.6 Å². The molecule has 0 atom stereocenters. The number of rotatable bonds is 4. The van der Waals surface area contributed by atoms with Gasteiger partial charge in [0.05, 0.1) is 6.20 Å². The Morgan fingerprint density at radius 1 is 1.27 bits per heavy atom. The molecule has 3 rings (SSSR count). The summed E-state index contributed by atoms with van der Waals surface area (Å²) in [6.07, 6.45) is 1.27. The molecule has 1 aromatic carbocycles. The molecule has 3 aromatic rings.